The average molecular weight is 397 g/mol. The molecular formula is C20H19N3O6. The van der Waals surface area contributed by atoms with E-state index < -0.39 is 22.9 Å². The first-order valence-corrected chi connectivity index (χ1v) is 8.61. The molecule has 0 radical (unpaired) electrons. The minimum atomic E-state index is -1.53. The van der Waals surface area contributed by atoms with E-state index in [2.05, 4.69) is 5.10 Å². The Hall–Kier alpha value is -3.88. The predicted octanol–water partition coefficient (Wildman–Crippen LogP) is 1.47. The van der Waals surface area contributed by atoms with Crippen LogP contribution in [0.3, 0.4) is 0 Å². The van der Waals surface area contributed by atoms with Gasteiger partial charge >= 0.3 is 11.7 Å². The molecule has 0 spiro atoms. The van der Waals surface area contributed by atoms with Gasteiger partial charge in [-0.25, -0.2) is 9.59 Å². The van der Waals surface area contributed by atoms with Crippen LogP contribution >= 0.6 is 0 Å². The molecule has 0 aliphatic rings. The molecule has 9 heteroatoms. The lowest BCUT2D eigenvalue weighted by molar-refractivity contribution is 0.0684. The molecule has 0 atom stereocenters. The minimum Gasteiger partial charge on any atom is -0.493 e. The number of hydrogen-bond acceptors (Lipinski definition) is 6. The van der Waals surface area contributed by atoms with Crippen LogP contribution in [-0.2, 0) is 6.54 Å². The summed E-state index contributed by atoms with van der Waals surface area (Å²) in [4.78, 5) is 37.2. The summed E-state index contributed by atoms with van der Waals surface area (Å²) in [5.74, 6) is -0.772. The largest absolute Gasteiger partial charge is 0.493 e. The van der Waals surface area contributed by atoms with Gasteiger partial charge in [0.05, 0.1) is 26.5 Å². The predicted molar refractivity (Wildman–Crippen MR) is 104 cm³/mol. The van der Waals surface area contributed by atoms with Crippen LogP contribution in [0, 0.1) is 6.92 Å². The van der Waals surface area contributed by atoms with E-state index in [4.69, 9.17) is 9.47 Å². The van der Waals surface area contributed by atoms with Crippen molar-refractivity contribution in [2.75, 3.05) is 14.2 Å². The van der Waals surface area contributed by atoms with Gasteiger partial charge < -0.3 is 14.6 Å². The molecule has 3 rings (SSSR count). The average Bonchev–Trinajstić information content (AvgIpc) is 2.71. The van der Waals surface area contributed by atoms with Gasteiger partial charge in [0.2, 0.25) is 5.69 Å². The summed E-state index contributed by atoms with van der Waals surface area (Å²) in [5, 5.41) is 13.2. The van der Waals surface area contributed by atoms with Crippen molar-refractivity contribution in [3.8, 4) is 17.2 Å². The number of benzene rings is 2. The molecule has 1 aromatic heterocycles. The van der Waals surface area contributed by atoms with E-state index >= 15 is 0 Å². The lowest BCUT2D eigenvalue weighted by atomic mass is 10.1. The highest BCUT2D eigenvalue weighted by atomic mass is 16.5. The summed E-state index contributed by atoms with van der Waals surface area (Å²) < 4.78 is 12.1. The zero-order valence-corrected chi connectivity index (χ0v) is 16.1. The zero-order chi connectivity index (χ0) is 21.1. The van der Waals surface area contributed by atoms with E-state index in [1.165, 1.54) is 26.4 Å². The van der Waals surface area contributed by atoms with E-state index in [1.807, 2.05) is 19.1 Å². The molecule has 0 fully saturated rings. The van der Waals surface area contributed by atoms with Crippen LogP contribution in [0.4, 0.5) is 0 Å². The minimum absolute atomic E-state index is 0.0829. The Bertz CT molecular complexity index is 1200. The lowest BCUT2D eigenvalue weighted by Gasteiger charge is -2.13. The van der Waals surface area contributed by atoms with Gasteiger partial charge in [0.15, 0.2) is 11.5 Å². The highest BCUT2D eigenvalue weighted by molar-refractivity contribution is 5.84. The third kappa shape index (κ3) is 3.75. The highest BCUT2D eigenvalue weighted by Gasteiger charge is 2.20. The SMILES string of the molecule is COc1ccc(-n2nc(C(=O)O)c(=O)n(Cc3ccccc3C)c2=O)cc1OC. The maximum absolute atomic E-state index is 13.0. The first kappa shape index (κ1) is 19.9. The number of hydrogen-bond donors (Lipinski definition) is 1. The maximum atomic E-state index is 13.0. The summed E-state index contributed by atoms with van der Waals surface area (Å²) in [6.07, 6.45) is 0. The van der Waals surface area contributed by atoms with E-state index in [1.54, 1.807) is 18.2 Å². The van der Waals surface area contributed by atoms with Gasteiger partial charge in [-0.05, 0) is 30.2 Å². The molecule has 150 valence electrons. The van der Waals surface area contributed by atoms with Gasteiger partial charge in [0, 0.05) is 6.07 Å². The summed E-state index contributed by atoms with van der Waals surface area (Å²) >= 11 is 0. The Morgan fingerprint density at radius 1 is 1.07 bits per heavy atom. The molecule has 9 nitrogen and oxygen atoms in total. The number of carbonyl (C=O) groups is 1. The Morgan fingerprint density at radius 3 is 2.38 bits per heavy atom. The fraction of sp³-hybridized carbons (Fsp3) is 0.200. The smallest absolute Gasteiger partial charge is 0.362 e. The third-order valence-corrected chi connectivity index (χ3v) is 4.46. The summed E-state index contributed by atoms with van der Waals surface area (Å²) in [6, 6.07) is 11.8. The van der Waals surface area contributed by atoms with Gasteiger partial charge in [-0.3, -0.25) is 9.36 Å². The number of aryl methyl sites for hydroxylation is 1. The lowest BCUT2D eigenvalue weighted by Crippen LogP contribution is -2.44. The second kappa shape index (κ2) is 8.01. The molecule has 0 aliphatic heterocycles. The third-order valence-electron chi connectivity index (χ3n) is 4.46. The quantitative estimate of drug-likeness (QED) is 0.670. The van der Waals surface area contributed by atoms with Crippen molar-refractivity contribution in [3.63, 3.8) is 0 Å². The van der Waals surface area contributed by atoms with Gasteiger partial charge in [-0.2, -0.15) is 9.78 Å². The summed E-state index contributed by atoms with van der Waals surface area (Å²) in [5.41, 5.74) is -0.683. The number of carboxylic acid groups (broad SMARTS) is 1. The Labute approximate surface area is 165 Å². The standard InChI is InChI=1S/C20H19N3O6/c1-12-6-4-5-7-13(12)11-22-18(24)17(19(25)26)21-23(20(22)27)14-8-9-15(28-2)16(10-14)29-3/h4-10H,11H2,1-3H3,(H,25,26). The van der Waals surface area contributed by atoms with Crippen molar-refractivity contribution in [1.82, 2.24) is 14.3 Å². The fourth-order valence-corrected chi connectivity index (χ4v) is 2.87. The van der Waals surface area contributed by atoms with Gasteiger partial charge in [0.1, 0.15) is 0 Å². The number of aromatic nitrogens is 3. The van der Waals surface area contributed by atoms with Crippen LogP contribution < -0.4 is 20.7 Å². The number of aromatic carboxylic acids is 1. The van der Waals surface area contributed by atoms with Gasteiger partial charge in [-0.1, -0.05) is 24.3 Å². The normalized spacial score (nSPS) is 10.6. The van der Waals surface area contributed by atoms with E-state index in [9.17, 15) is 19.5 Å². The van der Waals surface area contributed by atoms with Crippen molar-refractivity contribution < 1.29 is 19.4 Å². The molecule has 1 N–H and O–H groups in total. The van der Waals surface area contributed by atoms with Crippen molar-refractivity contribution >= 4 is 5.97 Å². The number of nitrogens with zero attached hydrogens (tertiary/aromatic N) is 3. The van der Waals surface area contributed by atoms with Crippen LogP contribution in [0.1, 0.15) is 21.6 Å². The van der Waals surface area contributed by atoms with Crippen molar-refractivity contribution in [2.45, 2.75) is 13.5 Å². The van der Waals surface area contributed by atoms with Crippen molar-refractivity contribution in [2.24, 2.45) is 0 Å². The van der Waals surface area contributed by atoms with Crippen LogP contribution in [0.2, 0.25) is 0 Å². The second-order valence-electron chi connectivity index (χ2n) is 6.21. The molecule has 0 unspecified atom stereocenters. The molecule has 0 aliphatic carbocycles. The van der Waals surface area contributed by atoms with E-state index in [0.717, 1.165) is 14.8 Å². The van der Waals surface area contributed by atoms with E-state index in [-0.39, 0.29) is 12.2 Å². The number of ether oxygens (including phenoxy) is 2. The fourth-order valence-electron chi connectivity index (χ4n) is 2.87. The Morgan fingerprint density at radius 2 is 1.76 bits per heavy atom. The first-order valence-electron chi connectivity index (χ1n) is 8.61. The molecule has 0 saturated carbocycles. The molecular weight excluding hydrogens is 378 g/mol. The van der Waals surface area contributed by atoms with E-state index in [0.29, 0.717) is 17.1 Å². The molecule has 0 saturated heterocycles. The number of rotatable bonds is 6. The van der Waals surface area contributed by atoms with Crippen molar-refractivity contribution in [1.29, 1.82) is 0 Å². The molecule has 2 aromatic carbocycles. The van der Waals surface area contributed by atoms with Crippen LogP contribution in [0.25, 0.3) is 5.69 Å². The molecule has 3 aromatic rings. The maximum Gasteiger partial charge on any atom is 0.362 e. The van der Waals surface area contributed by atoms with Crippen LogP contribution in [-0.4, -0.2) is 39.6 Å². The monoisotopic (exact) mass is 397 g/mol. The molecule has 0 bridgehead atoms. The van der Waals surface area contributed by atoms with Crippen molar-refractivity contribution in [3.05, 3.63) is 80.1 Å². The number of carboxylic acids is 1. The van der Waals surface area contributed by atoms with Crippen LogP contribution in [0.15, 0.2) is 52.1 Å². The molecule has 29 heavy (non-hydrogen) atoms. The van der Waals surface area contributed by atoms with Gasteiger partial charge in [0.25, 0.3) is 5.56 Å². The van der Waals surface area contributed by atoms with Gasteiger partial charge in [-0.15, -0.1) is 0 Å². The topological polar surface area (TPSA) is 113 Å². The summed E-state index contributed by atoms with van der Waals surface area (Å²) in [7, 11) is 2.90. The Balaban J connectivity index is 2.25. The van der Waals surface area contributed by atoms with Crippen LogP contribution in [0.5, 0.6) is 11.5 Å². The zero-order valence-electron chi connectivity index (χ0n) is 16.1. The number of methoxy groups -OCH3 is 2. The molecule has 0 amide bonds. The molecule has 1 heterocycles. The first-order chi connectivity index (χ1) is 13.9. The summed E-state index contributed by atoms with van der Waals surface area (Å²) in [6.45, 7) is 1.76. The highest BCUT2D eigenvalue weighted by Crippen LogP contribution is 2.28. The Kier molecular flexibility index (Phi) is 5.49. The second-order valence-corrected chi connectivity index (χ2v) is 6.21.